The summed E-state index contributed by atoms with van der Waals surface area (Å²) in [6, 6.07) is 16.1. The number of benzene rings is 2. The number of fused-ring (bicyclic) bond motifs is 2. The van der Waals surface area contributed by atoms with Gasteiger partial charge in [-0.1, -0.05) is 36.4 Å². The molecule has 1 heterocycles. The van der Waals surface area contributed by atoms with Crippen LogP contribution in [0.2, 0.25) is 0 Å². The summed E-state index contributed by atoms with van der Waals surface area (Å²) in [5, 5.41) is 0.965. The molecule has 0 aliphatic heterocycles. The van der Waals surface area contributed by atoms with Gasteiger partial charge in [-0.3, -0.25) is 9.59 Å². The molecule has 0 atom stereocenters. The SMILES string of the molecule is CC(C)(C)OC(=O)CC1(C(=O)CCc2nc3ccccc3s2)Cc2ccccc2C1. The highest BCUT2D eigenvalue weighted by atomic mass is 32.1. The Morgan fingerprint density at radius 1 is 1.03 bits per heavy atom. The monoisotopic (exact) mass is 421 g/mol. The molecule has 2 aromatic carbocycles. The highest BCUT2D eigenvalue weighted by molar-refractivity contribution is 7.18. The average molecular weight is 422 g/mol. The highest BCUT2D eigenvalue weighted by Crippen LogP contribution is 2.42. The van der Waals surface area contributed by atoms with Crippen LogP contribution in [0.5, 0.6) is 0 Å². The van der Waals surface area contributed by atoms with Gasteiger partial charge in [0.1, 0.15) is 11.4 Å². The van der Waals surface area contributed by atoms with Crippen LogP contribution in [0.3, 0.4) is 0 Å². The van der Waals surface area contributed by atoms with E-state index in [1.807, 2.05) is 51.1 Å². The Bertz CT molecular complexity index is 1030. The number of para-hydroxylation sites is 1. The lowest BCUT2D eigenvalue weighted by atomic mass is 9.76. The maximum absolute atomic E-state index is 13.5. The van der Waals surface area contributed by atoms with Crippen LogP contribution in [0, 0.1) is 5.41 Å². The molecule has 4 nitrogen and oxygen atoms in total. The van der Waals surface area contributed by atoms with Crippen LogP contribution in [0.1, 0.15) is 49.7 Å². The topological polar surface area (TPSA) is 56.3 Å². The van der Waals surface area contributed by atoms with E-state index in [0.717, 1.165) is 26.4 Å². The number of aryl methyl sites for hydroxylation is 1. The van der Waals surface area contributed by atoms with E-state index in [-0.39, 0.29) is 18.2 Å². The van der Waals surface area contributed by atoms with E-state index in [9.17, 15) is 9.59 Å². The van der Waals surface area contributed by atoms with E-state index in [1.54, 1.807) is 11.3 Å². The molecule has 3 aromatic rings. The minimum absolute atomic E-state index is 0.123. The lowest BCUT2D eigenvalue weighted by Gasteiger charge is -2.28. The standard InChI is InChI=1S/C25H27NO3S/c1-24(2,3)29-23(28)16-25(14-17-8-4-5-9-18(17)15-25)21(27)12-13-22-26-19-10-6-7-11-20(19)30-22/h4-11H,12-16H2,1-3H3. The third kappa shape index (κ3) is 4.46. The number of aromatic nitrogens is 1. The number of Topliss-reactive ketones (excluding diaryl/α,β-unsaturated/α-hetero) is 1. The van der Waals surface area contributed by atoms with Gasteiger partial charge in [0, 0.05) is 18.3 Å². The zero-order valence-corrected chi connectivity index (χ0v) is 18.6. The van der Waals surface area contributed by atoms with Gasteiger partial charge in [0.25, 0.3) is 0 Å². The fraction of sp³-hybridized carbons (Fsp3) is 0.400. The van der Waals surface area contributed by atoms with Crippen molar-refractivity contribution in [3.63, 3.8) is 0 Å². The zero-order chi connectivity index (χ0) is 21.4. The van der Waals surface area contributed by atoms with Gasteiger partial charge in [0.15, 0.2) is 0 Å². The van der Waals surface area contributed by atoms with Gasteiger partial charge in [0.05, 0.1) is 21.6 Å². The molecule has 30 heavy (non-hydrogen) atoms. The molecule has 0 saturated carbocycles. The van der Waals surface area contributed by atoms with Crippen LogP contribution in [0.15, 0.2) is 48.5 Å². The van der Waals surface area contributed by atoms with Gasteiger partial charge >= 0.3 is 5.97 Å². The van der Waals surface area contributed by atoms with E-state index in [2.05, 4.69) is 23.2 Å². The third-order valence-corrected chi connectivity index (χ3v) is 6.67. The van der Waals surface area contributed by atoms with Crippen molar-refractivity contribution < 1.29 is 14.3 Å². The van der Waals surface area contributed by atoms with Crippen molar-refractivity contribution in [1.82, 2.24) is 4.98 Å². The maximum Gasteiger partial charge on any atom is 0.307 e. The minimum Gasteiger partial charge on any atom is -0.460 e. The molecule has 5 heteroatoms. The summed E-state index contributed by atoms with van der Waals surface area (Å²) in [7, 11) is 0. The number of hydrogen-bond acceptors (Lipinski definition) is 5. The number of nitrogens with zero attached hydrogens (tertiary/aromatic N) is 1. The molecule has 0 saturated heterocycles. The summed E-state index contributed by atoms with van der Waals surface area (Å²) in [6.45, 7) is 5.57. The van der Waals surface area contributed by atoms with Crippen LogP contribution in [-0.2, 0) is 33.6 Å². The van der Waals surface area contributed by atoms with Crippen LogP contribution in [-0.4, -0.2) is 22.3 Å². The summed E-state index contributed by atoms with van der Waals surface area (Å²) in [5.74, 6) is -0.174. The van der Waals surface area contributed by atoms with Gasteiger partial charge in [-0.15, -0.1) is 11.3 Å². The molecule has 156 valence electrons. The van der Waals surface area contributed by atoms with Gasteiger partial charge in [-0.2, -0.15) is 0 Å². The van der Waals surface area contributed by atoms with Crippen molar-refractivity contribution in [2.24, 2.45) is 5.41 Å². The minimum atomic E-state index is -0.720. The number of ether oxygens (including phenoxy) is 1. The zero-order valence-electron chi connectivity index (χ0n) is 17.7. The predicted octanol–water partition coefficient (Wildman–Crippen LogP) is 5.32. The van der Waals surface area contributed by atoms with Gasteiger partial charge < -0.3 is 4.74 Å². The first-order valence-corrected chi connectivity index (χ1v) is 11.2. The maximum atomic E-state index is 13.5. The molecule has 0 unspecified atom stereocenters. The Labute approximate surface area is 181 Å². The van der Waals surface area contributed by atoms with Gasteiger partial charge in [-0.25, -0.2) is 4.98 Å². The Morgan fingerprint density at radius 2 is 1.67 bits per heavy atom. The predicted molar refractivity (Wildman–Crippen MR) is 120 cm³/mol. The molecular weight excluding hydrogens is 394 g/mol. The van der Waals surface area contributed by atoms with Crippen LogP contribution >= 0.6 is 11.3 Å². The van der Waals surface area contributed by atoms with Crippen molar-refractivity contribution in [3.05, 3.63) is 64.7 Å². The molecule has 4 rings (SSSR count). The number of carbonyl (C=O) groups excluding carboxylic acids is 2. The fourth-order valence-electron chi connectivity index (χ4n) is 4.28. The Morgan fingerprint density at radius 3 is 2.30 bits per heavy atom. The van der Waals surface area contributed by atoms with Crippen molar-refractivity contribution in [1.29, 1.82) is 0 Å². The molecule has 0 N–H and O–H groups in total. The molecule has 0 bridgehead atoms. The van der Waals surface area contributed by atoms with E-state index in [4.69, 9.17) is 4.74 Å². The summed E-state index contributed by atoms with van der Waals surface area (Å²) in [5.41, 5.74) is 2.02. The normalized spacial score (nSPS) is 15.2. The molecule has 1 aromatic heterocycles. The fourth-order valence-corrected chi connectivity index (χ4v) is 5.25. The number of hydrogen-bond donors (Lipinski definition) is 0. The lowest BCUT2D eigenvalue weighted by Crippen LogP contribution is -2.37. The van der Waals surface area contributed by atoms with E-state index in [0.29, 0.717) is 25.7 Å². The summed E-state index contributed by atoms with van der Waals surface area (Å²) in [6.07, 6.45) is 2.31. The molecule has 0 radical (unpaired) electrons. The summed E-state index contributed by atoms with van der Waals surface area (Å²) >= 11 is 1.63. The molecule has 1 aliphatic rings. The number of esters is 1. The van der Waals surface area contributed by atoms with Crippen molar-refractivity contribution in [3.8, 4) is 0 Å². The first-order valence-electron chi connectivity index (χ1n) is 10.4. The number of ketones is 1. The first kappa shape index (κ1) is 20.7. The first-order chi connectivity index (χ1) is 14.2. The number of rotatable bonds is 6. The number of carbonyl (C=O) groups is 2. The van der Waals surface area contributed by atoms with E-state index < -0.39 is 11.0 Å². The second-order valence-corrected chi connectivity index (χ2v) is 10.3. The van der Waals surface area contributed by atoms with Crippen LogP contribution in [0.25, 0.3) is 10.2 Å². The Kier molecular flexibility index (Phi) is 5.49. The van der Waals surface area contributed by atoms with Crippen LogP contribution < -0.4 is 0 Å². The molecule has 1 aliphatic carbocycles. The van der Waals surface area contributed by atoms with E-state index >= 15 is 0 Å². The van der Waals surface area contributed by atoms with Gasteiger partial charge in [-0.05, 0) is 56.9 Å². The van der Waals surface area contributed by atoms with E-state index in [1.165, 1.54) is 0 Å². The highest BCUT2D eigenvalue weighted by Gasteiger charge is 2.45. The second kappa shape index (κ2) is 7.95. The second-order valence-electron chi connectivity index (χ2n) is 9.16. The largest absolute Gasteiger partial charge is 0.460 e. The average Bonchev–Trinajstić information content (AvgIpc) is 3.25. The Hall–Kier alpha value is -2.53. The molecule has 0 spiro atoms. The van der Waals surface area contributed by atoms with Crippen molar-refractivity contribution in [2.45, 2.75) is 58.5 Å². The summed E-state index contributed by atoms with van der Waals surface area (Å²) in [4.78, 5) is 30.8. The molecule has 0 fully saturated rings. The quantitative estimate of drug-likeness (QED) is 0.506. The third-order valence-electron chi connectivity index (χ3n) is 5.57. The van der Waals surface area contributed by atoms with Crippen molar-refractivity contribution in [2.75, 3.05) is 0 Å². The Balaban J connectivity index is 1.53. The lowest BCUT2D eigenvalue weighted by molar-refractivity contribution is -0.159. The molecule has 0 amide bonds. The smallest absolute Gasteiger partial charge is 0.307 e. The summed E-state index contributed by atoms with van der Waals surface area (Å²) < 4.78 is 6.71. The molecular formula is C25H27NO3S. The number of thiazole rings is 1. The van der Waals surface area contributed by atoms with Crippen LogP contribution in [0.4, 0.5) is 0 Å². The van der Waals surface area contributed by atoms with Crippen molar-refractivity contribution >= 4 is 33.3 Å². The van der Waals surface area contributed by atoms with Gasteiger partial charge in [0.2, 0.25) is 0 Å².